The highest BCUT2D eigenvalue weighted by Gasteiger charge is 2.26. The first-order valence-electron chi connectivity index (χ1n) is 7.92. The van der Waals surface area contributed by atoms with Crippen LogP contribution in [0.25, 0.3) is 0 Å². The monoisotopic (exact) mass is 287 g/mol. The summed E-state index contributed by atoms with van der Waals surface area (Å²) in [6.07, 6.45) is 10.7. The topological polar surface area (TPSA) is 18.5 Å². The molecule has 0 amide bonds. The minimum absolute atomic E-state index is 0.436. The van der Waals surface area contributed by atoms with Crippen LogP contribution in [-0.4, -0.2) is 49.1 Å². The van der Waals surface area contributed by atoms with Gasteiger partial charge in [-0.05, 0) is 58.5 Å². The van der Waals surface area contributed by atoms with Gasteiger partial charge in [-0.25, -0.2) is 0 Å². The quantitative estimate of drug-likeness (QED) is 0.858. The largest absolute Gasteiger partial charge is 0.357 e. The van der Waals surface area contributed by atoms with Gasteiger partial charge in [0.05, 0.1) is 0 Å². The highest BCUT2D eigenvalue weighted by Crippen LogP contribution is 2.23. The molecule has 1 atom stereocenters. The molecule has 3 heteroatoms. The van der Waals surface area contributed by atoms with E-state index in [2.05, 4.69) is 61.8 Å². The fraction of sp³-hybridized carbons (Fsp3) is 0.556. The van der Waals surface area contributed by atoms with Crippen LogP contribution in [-0.2, 0) is 0 Å². The van der Waals surface area contributed by atoms with Crippen LogP contribution < -0.4 is 5.32 Å². The number of likely N-dealkylation sites (tertiary alicyclic amines) is 1. The molecule has 0 bridgehead atoms. The molecule has 0 saturated carbocycles. The Balaban J connectivity index is 2.03. The lowest BCUT2D eigenvalue weighted by molar-refractivity contribution is 0.124. The summed E-state index contributed by atoms with van der Waals surface area (Å²) in [7, 11) is 4.38. The molecule has 0 aromatic carbocycles. The fourth-order valence-electron chi connectivity index (χ4n) is 3.23. The van der Waals surface area contributed by atoms with Crippen LogP contribution in [0.15, 0.2) is 47.9 Å². The standard InChI is InChI=1S/C18H29N3/c1-6-7-16-9-8-14(2)18(19-16)15(3)21-12-10-17(11-13-21)20(4)5/h6-9,15,17,19H,1,10-13H2,2-5H3/b16-7-. The molecule has 2 rings (SSSR count). The number of piperidine rings is 1. The molecule has 0 radical (unpaired) electrons. The average molecular weight is 287 g/mol. The molecule has 2 aliphatic rings. The van der Waals surface area contributed by atoms with Crippen molar-refractivity contribution in [2.45, 2.75) is 38.8 Å². The van der Waals surface area contributed by atoms with Crippen molar-refractivity contribution < 1.29 is 0 Å². The zero-order chi connectivity index (χ0) is 15.4. The lowest BCUT2D eigenvalue weighted by atomic mass is 9.99. The Morgan fingerprint density at radius 1 is 1.33 bits per heavy atom. The van der Waals surface area contributed by atoms with Crippen LogP contribution in [0.3, 0.4) is 0 Å². The predicted octanol–water partition coefficient (Wildman–Crippen LogP) is 2.90. The van der Waals surface area contributed by atoms with E-state index in [9.17, 15) is 0 Å². The summed E-state index contributed by atoms with van der Waals surface area (Å²) in [6.45, 7) is 10.6. The molecular weight excluding hydrogens is 258 g/mol. The van der Waals surface area contributed by atoms with Crippen molar-refractivity contribution in [2.24, 2.45) is 0 Å². The summed E-state index contributed by atoms with van der Waals surface area (Å²) in [4.78, 5) is 4.95. The van der Waals surface area contributed by atoms with Gasteiger partial charge >= 0.3 is 0 Å². The molecular formula is C18H29N3. The number of hydrogen-bond acceptors (Lipinski definition) is 3. The number of rotatable bonds is 4. The Labute approximate surface area is 129 Å². The summed E-state index contributed by atoms with van der Waals surface area (Å²) >= 11 is 0. The highest BCUT2D eigenvalue weighted by atomic mass is 15.2. The van der Waals surface area contributed by atoms with Crippen molar-refractivity contribution in [3.8, 4) is 0 Å². The average Bonchev–Trinajstić information content (AvgIpc) is 2.49. The van der Waals surface area contributed by atoms with E-state index < -0.39 is 0 Å². The third-order valence-electron chi connectivity index (χ3n) is 4.71. The minimum Gasteiger partial charge on any atom is -0.357 e. The summed E-state index contributed by atoms with van der Waals surface area (Å²) < 4.78 is 0. The second kappa shape index (κ2) is 7.10. The van der Waals surface area contributed by atoms with E-state index in [-0.39, 0.29) is 0 Å². The van der Waals surface area contributed by atoms with E-state index in [1.54, 1.807) is 0 Å². The van der Waals surface area contributed by atoms with Gasteiger partial charge in [0.1, 0.15) is 0 Å². The van der Waals surface area contributed by atoms with Gasteiger partial charge in [0.2, 0.25) is 0 Å². The maximum atomic E-state index is 3.78. The zero-order valence-corrected chi connectivity index (χ0v) is 13.9. The normalized spacial score (nSPS) is 24.5. The van der Waals surface area contributed by atoms with Crippen molar-refractivity contribution in [1.29, 1.82) is 0 Å². The lowest BCUT2D eigenvalue weighted by Crippen LogP contribution is -2.47. The summed E-state index contributed by atoms with van der Waals surface area (Å²) in [5, 5.41) is 3.57. The number of allylic oxidation sites excluding steroid dienone is 5. The fourth-order valence-corrected chi connectivity index (χ4v) is 3.23. The van der Waals surface area contributed by atoms with Crippen LogP contribution in [0.2, 0.25) is 0 Å². The van der Waals surface area contributed by atoms with Gasteiger partial charge in [-0.2, -0.15) is 0 Å². The van der Waals surface area contributed by atoms with Gasteiger partial charge in [-0.15, -0.1) is 0 Å². The van der Waals surface area contributed by atoms with E-state index in [0.717, 1.165) is 11.7 Å². The van der Waals surface area contributed by atoms with Crippen molar-refractivity contribution in [1.82, 2.24) is 15.1 Å². The van der Waals surface area contributed by atoms with Crippen molar-refractivity contribution in [3.63, 3.8) is 0 Å². The minimum atomic E-state index is 0.436. The second-order valence-electron chi connectivity index (χ2n) is 6.32. The molecule has 0 spiro atoms. The van der Waals surface area contributed by atoms with Gasteiger partial charge in [0.15, 0.2) is 0 Å². The summed E-state index contributed by atoms with van der Waals surface area (Å²) in [5.74, 6) is 0. The van der Waals surface area contributed by atoms with E-state index in [4.69, 9.17) is 0 Å². The number of dihydropyridines is 1. The van der Waals surface area contributed by atoms with E-state index in [1.807, 2.05) is 12.2 Å². The first-order valence-corrected chi connectivity index (χ1v) is 7.92. The summed E-state index contributed by atoms with van der Waals surface area (Å²) in [5.41, 5.74) is 3.79. The van der Waals surface area contributed by atoms with E-state index in [1.165, 1.54) is 37.2 Å². The van der Waals surface area contributed by atoms with Crippen molar-refractivity contribution in [3.05, 3.63) is 47.9 Å². The van der Waals surface area contributed by atoms with Crippen LogP contribution in [0.5, 0.6) is 0 Å². The van der Waals surface area contributed by atoms with Gasteiger partial charge in [-0.3, -0.25) is 4.90 Å². The van der Waals surface area contributed by atoms with Gasteiger partial charge in [0.25, 0.3) is 0 Å². The van der Waals surface area contributed by atoms with Crippen LogP contribution in [0.4, 0.5) is 0 Å². The Hall–Kier alpha value is -1.32. The second-order valence-corrected chi connectivity index (χ2v) is 6.32. The van der Waals surface area contributed by atoms with Gasteiger partial charge < -0.3 is 10.2 Å². The molecule has 1 saturated heterocycles. The third-order valence-corrected chi connectivity index (χ3v) is 4.71. The Morgan fingerprint density at radius 2 is 2.00 bits per heavy atom. The Kier molecular flexibility index (Phi) is 5.43. The lowest BCUT2D eigenvalue weighted by Gasteiger charge is -2.40. The molecule has 3 nitrogen and oxygen atoms in total. The van der Waals surface area contributed by atoms with Crippen molar-refractivity contribution in [2.75, 3.05) is 27.2 Å². The smallest absolute Gasteiger partial charge is 0.0473 e. The van der Waals surface area contributed by atoms with Crippen LogP contribution in [0.1, 0.15) is 26.7 Å². The number of nitrogens with one attached hydrogen (secondary N) is 1. The molecule has 2 heterocycles. The highest BCUT2D eigenvalue weighted by molar-refractivity contribution is 5.40. The third kappa shape index (κ3) is 3.86. The first-order chi connectivity index (χ1) is 10.0. The Bertz CT molecular complexity index is 463. The molecule has 0 aromatic heterocycles. The number of nitrogens with zero attached hydrogens (tertiary/aromatic N) is 2. The van der Waals surface area contributed by atoms with E-state index >= 15 is 0 Å². The van der Waals surface area contributed by atoms with Crippen molar-refractivity contribution >= 4 is 0 Å². The molecule has 1 unspecified atom stereocenters. The SMILES string of the molecule is C=C/C=C1/C=CC(C)=C(C(C)N2CCC(N(C)C)CC2)N1. The molecule has 0 aromatic rings. The molecule has 2 aliphatic heterocycles. The molecule has 0 aliphatic carbocycles. The van der Waals surface area contributed by atoms with Crippen LogP contribution >= 0.6 is 0 Å². The van der Waals surface area contributed by atoms with E-state index in [0.29, 0.717) is 6.04 Å². The van der Waals surface area contributed by atoms with Crippen LogP contribution in [0, 0.1) is 0 Å². The molecule has 1 fully saturated rings. The molecule has 1 N–H and O–H groups in total. The van der Waals surface area contributed by atoms with Gasteiger partial charge in [0, 0.05) is 36.6 Å². The number of hydrogen-bond donors (Lipinski definition) is 1. The zero-order valence-electron chi connectivity index (χ0n) is 13.9. The summed E-state index contributed by atoms with van der Waals surface area (Å²) in [6, 6.07) is 1.17. The maximum absolute atomic E-state index is 3.78. The maximum Gasteiger partial charge on any atom is 0.0473 e. The predicted molar refractivity (Wildman–Crippen MR) is 91.0 cm³/mol. The Morgan fingerprint density at radius 3 is 2.57 bits per heavy atom. The first kappa shape index (κ1) is 16.1. The molecule has 116 valence electrons. The van der Waals surface area contributed by atoms with Gasteiger partial charge in [-0.1, -0.05) is 18.7 Å². The molecule has 21 heavy (non-hydrogen) atoms.